The Morgan fingerprint density at radius 2 is 1.71 bits per heavy atom. The predicted molar refractivity (Wildman–Crippen MR) is 97.9 cm³/mol. The standard InChI is InChI=1S/C19H22ClN3O/c20-17-3-1-2-16(12-17)14-22-8-10-23(11-9-22)19(24)13-15-4-6-18(21)7-5-15/h1-7,12H,8-11,13-14,21H2. The molecule has 4 nitrogen and oxygen atoms in total. The van der Waals surface area contributed by atoms with Crippen molar-refractivity contribution < 1.29 is 4.79 Å². The maximum Gasteiger partial charge on any atom is 0.227 e. The van der Waals surface area contributed by atoms with E-state index < -0.39 is 0 Å². The molecule has 0 aromatic heterocycles. The zero-order valence-corrected chi connectivity index (χ0v) is 14.4. The van der Waals surface area contributed by atoms with Gasteiger partial charge in [-0.25, -0.2) is 0 Å². The summed E-state index contributed by atoms with van der Waals surface area (Å²) in [4.78, 5) is 16.7. The van der Waals surface area contributed by atoms with Crippen LogP contribution >= 0.6 is 11.6 Å². The molecule has 126 valence electrons. The van der Waals surface area contributed by atoms with Crippen molar-refractivity contribution in [2.24, 2.45) is 0 Å². The second-order valence-electron chi connectivity index (χ2n) is 6.21. The predicted octanol–water partition coefficient (Wildman–Crippen LogP) is 2.81. The molecular weight excluding hydrogens is 322 g/mol. The number of rotatable bonds is 4. The highest BCUT2D eigenvalue weighted by Crippen LogP contribution is 2.15. The first-order chi connectivity index (χ1) is 11.6. The number of anilines is 1. The Morgan fingerprint density at radius 1 is 1.00 bits per heavy atom. The number of carbonyl (C=O) groups excluding carboxylic acids is 1. The highest BCUT2D eigenvalue weighted by Gasteiger charge is 2.21. The van der Waals surface area contributed by atoms with E-state index in [0.717, 1.165) is 49.0 Å². The van der Waals surface area contributed by atoms with Crippen LogP contribution < -0.4 is 5.73 Å². The van der Waals surface area contributed by atoms with Gasteiger partial charge >= 0.3 is 0 Å². The van der Waals surface area contributed by atoms with Gasteiger partial charge in [-0.2, -0.15) is 0 Å². The second-order valence-corrected chi connectivity index (χ2v) is 6.64. The molecule has 0 unspecified atom stereocenters. The number of nitrogens with zero attached hydrogens (tertiary/aromatic N) is 2. The lowest BCUT2D eigenvalue weighted by molar-refractivity contribution is -0.132. The number of hydrogen-bond donors (Lipinski definition) is 1. The molecule has 1 saturated heterocycles. The first-order valence-electron chi connectivity index (χ1n) is 8.19. The number of benzene rings is 2. The number of amides is 1. The van der Waals surface area contributed by atoms with Crippen LogP contribution in [-0.2, 0) is 17.8 Å². The van der Waals surface area contributed by atoms with Crippen LogP contribution in [0.15, 0.2) is 48.5 Å². The summed E-state index contributed by atoms with van der Waals surface area (Å²) in [5, 5.41) is 0.768. The molecule has 1 amide bonds. The molecule has 0 spiro atoms. The van der Waals surface area contributed by atoms with E-state index in [4.69, 9.17) is 17.3 Å². The fourth-order valence-electron chi connectivity index (χ4n) is 2.97. The summed E-state index contributed by atoms with van der Waals surface area (Å²) >= 11 is 6.03. The van der Waals surface area contributed by atoms with Crippen LogP contribution in [0.1, 0.15) is 11.1 Å². The number of nitrogen functional groups attached to an aromatic ring is 1. The Balaban J connectivity index is 1.49. The molecular formula is C19H22ClN3O. The summed E-state index contributed by atoms with van der Waals surface area (Å²) in [5.41, 5.74) is 8.62. The fraction of sp³-hybridized carbons (Fsp3) is 0.316. The summed E-state index contributed by atoms with van der Waals surface area (Å²) < 4.78 is 0. The topological polar surface area (TPSA) is 49.6 Å². The van der Waals surface area contributed by atoms with E-state index in [1.165, 1.54) is 5.56 Å². The molecule has 1 aliphatic heterocycles. The van der Waals surface area contributed by atoms with Gasteiger partial charge in [0.05, 0.1) is 6.42 Å². The highest BCUT2D eigenvalue weighted by atomic mass is 35.5. The lowest BCUT2D eigenvalue weighted by Crippen LogP contribution is -2.48. The Bertz CT molecular complexity index is 694. The maximum absolute atomic E-state index is 12.4. The minimum absolute atomic E-state index is 0.183. The van der Waals surface area contributed by atoms with E-state index in [-0.39, 0.29) is 5.91 Å². The molecule has 1 fully saturated rings. The highest BCUT2D eigenvalue weighted by molar-refractivity contribution is 6.30. The van der Waals surface area contributed by atoms with Gasteiger partial charge in [0, 0.05) is 43.4 Å². The van der Waals surface area contributed by atoms with E-state index in [1.807, 2.05) is 47.4 Å². The summed E-state index contributed by atoms with van der Waals surface area (Å²) in [6.45, 7) is 4.20. The second kappa shape index (κ2) is 7.69. The van der Waals surface area contributed by atoms with Crippen molar-refractivity contribution in [1.82, 2.24) is 9.80 Å². The van der Waals surface area contributed by atoms with Crippen molar-refractivity contribution in [2.75, 3.05) is 31.9 Å². The van der Waals surface area contributed by atoms with E-state index >= 15 is 0 Å². The number of halogens is 1. The first-order valence-corrected chi connectivity index (χ1v) is 8.57. The van der Waals surface area contributed by atoms with Gasteiger partial charge in [0.25, 0.3) is 0 Å². The normalized spacial score (nSPS) is 15.5. The molecule has 1 aliphatic rings. The van der Waals surface area contributed by atoms with E-state index in [1.54, 1.807) is 0 Å². The minimum Gasteiger partial charge on any atom is -0.399 e. The van der Waals surface area contributed by atoms with Gasteiger partial charge < -0.3 is 10.6 Å². The maximum atomic E-state index is 12.4. The summed E-state index contributed by atoms with van der Waals surface area (Å²) in [6, 6.07) is 15.5. The number of nitrogens with two attached hydrogens (primary N) is 1. The first kappa shape index (κ1) is 16.8. The van der Waals surface area contributed by atoms with Gasteiger partial charge in [-0.1, -0.05) is 35.9 Å². The van der Waals surface area contributed by atoms with Crippen molar-refractivity contribution in [3.05, 3.63) is 64.7 Å². The van der Waals surface area contributed by atoms with Crippen LogP contribution in [0.2, 0.25) is 5.02 Å². The van der Waals surface area contributed by atoms with Gasteiger partial charge in [-0.3, -0.25) is 9.69 Å². The van der Waals surface area contributed by atoms with E-state index in [9.17, 15) is 4.79 Å². The molecule has 2 aromatic rings. The van der Waals surface area contributed by atoms with E-state index in [0.29, 0.717) is 6.42 Å². The minimum atomic E-state index is 0.183. The third-order valence-electron chi connectivity index (χ3n) is 4.36. The van der Waals surface area contributed by atoms with Crippen molar-refractivity contribution in [3.63, 3.8) is 0 Å². The summed E-state index contributed by atoms with van der Waals surface area (Å²) in [6.07, 6.45) is 0.439. The molecule has 0 bridgehead atoms. The van der Waals surface area contributed by atoms with Gasteiger partial charge in [-0.05, 0) is 35.4 Å². The number of piperazine rings is 1. The summed E-state index contributed by atoms with van der Waals surface area (Å²) in [5.74, 6) is 0.183. The van der Waals surface area contributed by atoms with Gasteiger partial charge in [0.1, 0.15) is 0 Å². The Hall–Kier alpha value is -2.04. The van der Waals surface area contributed by atoms with Crippen LogP contribution in [0.3, 0.4) is 0 Å². The fourth-order valence-corrected chi connectivity index (χ4v) is 3.18. The van der Waals surface area contributed by atoms with Crippen LogP contribution in [0.25, 0.3) is 0 Å². The number of carbonyl (C=O) groups is 1. The van der Waals surface area contributed by atoms with Gasteiger partial charge in [0.2, 0.25) is 5.91 Å². The Morgan fingerprint density at radius 3 is 2.38 bits per heavy atom. The molecule has 0 radical (unpaired) electrons. The molecule has 5 heteroatoms. The summed E-state index contributed by atoms with van der Waals surface area (Å²) in [7, 11) is 0. The number of hydrogen-bond acceptors (Lipinski definition) is 3. The average Bonchev–Trinajstić information content (AvgIpc) is 2.57. The van der Waals surface area contributed by atoms with Crippen molar-refractivity contribution in [2.45, 2.75) is 13.0 Å². The smallest absolute Gasteiger partial charge is 0.227 e. The Labute approximate surface area is 147 Å². The molecule has 24 heavy (non-hydrogen) atoms. The molecule has 0 atom stereocenters. The zero-order valence-electron chi connectivity index (χ0n) is 13.6. The quantitative estimate of drug-likeness (QED) is 0.868. The van der Waals surface area contributed by atoms with Crippen LogP contribution in [-0.4, -0.2) is 41.9 Å². The molecule has 2 N–H and O–H groups in total. The third-order valence-corrected chi connectivity index (χ3v) is 4.59. The van der Waals surface area contributed by atoms with Gasteiger partial charge in [0.15, 0.2) is 0 Å². The van der Waals surface area contributed by atoms with Crippen LogP contribution in [0, 0.1) is 0 Å². The van der Waals surface area contributed by atoms with Gasteiger partial charge in [-0.15, -0.1) is 0 Å². The molecule has 1 heterocycles. The van der Waals surface area contributed by atoms with Crippen molar-refractivity contribution >= 4 is 23.2 Å². The van der Waals surface area contributed by atoms with E-state index in [2.05, 4.69) is 11.0 Å². The lowest BCUT2D eigenvalue weighted by Gasteiger charge is -2.35. The zero-order chi connectivity index (χ0) is 16.9. The van der Waals surface area contributed by atoms with Crippen LogP contribution in [0.5, 0.6) is 0 Å². The monoisotopic (exact) mass is 343 g/mol. The molecule has 2 aromatic carbocycles. The van der Waals surface area contributed by atoms with Crippen molar-refractivity contribution in [3.8, 4) is 0 Å². The Kier molecular flexibility index (Phi) is 5.38. The molecule has 0 saturated carbocycles. The van der Waals surface area contributed by atoms with Crippen molar-refractivity contribution in [1.29, 1.82) is 0 Å². The lowest BCUT2D eigenvalue weighted by atomic mass is 10.1. The largest absolute Gasteiger partial charge is 0.399 e. The SMILES string of the molecule is Nc1ccc(CC(=O)N2CCN(Cc3cccc(Cl)c3)CC2)cc1. The molecule has 0 aliphatic carbocycles. The third kappa shape index (κ3) is 4.49. The average molecular weight is 344 g/mol. The van der Waals surface area contributed by atoms with Crippen LogP contribution in [0.4, 0.5) is 5.69 Å². The molecule has 3 rings (SSSR count).